The maximum absolute atomic E-state index is 8.12. The SMILES string of the molecule is C#CC1CCC(CN=[N+]=[N-])CC1. The average molecular weight is 163 g/mol. The molecule has 0 aromatic heterocycles. The van der Waals surface area contributed by atoms with E-state index in [1.165, 1.54) is 0 Å². The third kappa shape index (κ3) is 2.48. The molecular formula is C9H13N3. The molecule has 12 heavy (non-hydrogen) atoms. The van der Waals surface area contributed by atoms with E-state index in [-0.39, 0.29) is 0 Å². The number of nitrogens with zero attached hydrogens (tertiary/aromatic N) is 3. The van der Waals surface area contributed by atoms with E-state index in [9.17, 15) is 0 Å². The molecule has 3 heteroatoms. The Morgan fingerprint density at radius 2 is 2.08 bits per heavy atom. The van der Waals surface area contributed by atoms with Crippen molar-refractivity contribution in [1.82, 2.24) is 0 Å². The van der Waals surface area contributed by atoms with E-state index in [1.807, 2.05) is 0 Å². The van der Waals surface area contributed by atoms with Gasteiger partial charge in [0.1, 0.15) is 0 Å². The van der Waals surface area contributed by atoms with Crippen LogP contribution in [0.2, 0.25) is 0 Å². The molecule has 64 valence electrons. The predicted octanol–water partition coefficient (Wildman–Crippen LogP) is 2.74. The smallest absolute Gasteiger partial charge is 0.0286 e. The van der Waals surface area contributed by atoms with Crippen molar-refractivity contribution < 1.29 is 0 Å². The lowest BCUT2D eigenvalue weighted by Crippen LogP contribution is -2.15. The molecule has 0 atom stereocenters. The fourth-order valence-electron chi connectivity index (χ4n) is 1.66. The Morgan fingerprint density at radius 3 is 2.58 bits per heavy atom. The van der Waals surface area contributed by atoms with Crippen molar-refractivity contribution >= 4 is 0 Å². The zero-order valence-electron chi connectivity index (χ0n) is 7.11. The van der Waals surface area contributed by atoms with Crippen LogP contribution in [0.15, 0.2) is 5.11 Å². The summed E-state index contributed by atoms with van der Waals surface area (Å²) in [7, 11) is 0. The third-order valence-electron chi connectivity index (χ3n) is 2.49. The average Bonchev–Trinajstić information content (AvgIpc) is 2.15. The molecule has 1 saturated carbocycles. The molecule has 0 heterocycles. The highest BCUT2D eigenvalue weighted by atomic mass is 15.1. The fraction of sp³-hybridized carbons (Fsp3) is 0.778. The largest absolute Gasteiger partial charge is 0.120 e. The molecular weight excluding hydrogens is 150 g/mol. The monoisotopic (exact) mass is 163 g/mol. The van der Waals surface area contributed by atoms with Gasteiger partial charge in [-0.05, 0) is 37.1 Å². The molecule has 0 unspecified atom stereocenters. The summed E-state index contributed by atoms with van der Waals surface area (Å²) in [5.41, 5.74) is 8.12. The summed E-state index contributed by atoms with van der Waals surface area (Å²) >= 11 is 0. The number of rotatable bonds is 2. The number of hydrogen-bond donors (Lipinski definition) is 0. The lowest BCUT2D eigenvalue weighted by molar-refractivity contribution is 0.323. The first-order valence-corrected chi connectivity index (χ1v) is 4.33. The molecule has 0 N–H and O–H groups in total. The minimum atomic E-state index is 0.465. The maximum Gasteiger partial charge on any atom is 0.0286 e. The molecule has 1 aliphatic rings. The van der Waals surface area contributed by atoms with E-state index < -0.39 is 0 Å². The zero-order chi connectivity index (χ0) is 8.81. The fourth-order valence-corrected chi connectivity index (χ4v) is 1.66. The van der Waals surface area contributed by atoms with Crippen LogP contribution in [-0.4, -0.2) is 6.54 Å². The Kier molecular flexibility index (Phi) is 3.50. The first-order valence-electron chi connectivity index (χ1n) is 4.33. The molecule has 0 radical (unpaired) electrons. The van der Waals surface area contributed by atoms with Crippen molar-refractivity contribution in [2.45, 2.75) is 25.7 Å². The van der Waals surface area contributed by atoms with Gasteiger partial charge < -0.3 is 0 Å². The van der Waals surface area contributed by atoms with Gasteiger partial charge in [0.2, 0.25) is 0 Å². The van der Waals surface area contributed by atoms with Crippen molar-refractivity contribution in [2.75, 3.05) is 6.54 Å². The lowest BCUT2D eigenvalue weighted by Gasteiger charge is -2.23. The summed E-state index contributed by atoms with van der Waals surface area (Å²) in [6, 6.07) is 0. The van der Waals surface area contributed by atoms with Gasteiger partial charge in [-0.25, -0.2) is 0 Å². The van der Waals surface area contributed by atoms with Crippen LogP contribution < -0.4 is 0 Å². The summed E-state index contributed by atoms with van der Waals surface area (Å²) < 4.78 is 0. The van der Waals surface area contributed by atoms with E-state index in [2.05, 4.69) is 15.9 Å². The Balaban J connectivity index is 2.27. The number of terminal acetylenes is 1. The van der Waals surface area contributed by atoms with Crippen LogP contribution in [0.5, 0.6) is 0 Å². The van der Waals surface area contributed by atoms with Crippen LogP contribution in [-0.2, 0) is 0 Å². The van der Waals surface area contributed by atoms with Crippen molar-refractivity contribution in [3.63, 3.8) is 0 Å². The maximum atomic E-state index is 8.12. The highest BCUT2D eigenvalue weighted by Gasteiger charge is 2.18. The van der Waals surface area contributed by atoms with E-state index in [1.54, 1.807) is 0 Å². The standard InChI is InChI=1S/C9H13N3/c1-2-8-3-5-9(6-4-8)7-11-12-10/h1,8-9H,3-7H2. The second kappa shape index (κ2) is 4.69. The van der Waals surface area contributed by atoms with Gasteiger partial charge >= 0.3 is 0 Å². The molecule has 0 bridgehead atoms. The van der Waals surface area contributed by atoms with Crippen LogP contribution in [0.3, 0.4) is 0 Å². The second-order valence-corrected chi connectivity index (χ2v) is 3.30. The number of hydrogen-bond acceptors (Lipinski definition) is 1. The molecule has 1 aliphatic carbocycles. The van der Waals surface area contributed by atoms with Crippen molar-refractivity contribution in [2.24, 2.45) is 17.0 Å². The predicted molar refractivity (Wildman–Crippen MR) is 48.3 cm³/mol. The van der Waals surface area contributed by atoms with Crippen molar-refractivity contribution in [1.29, 1.82) is 0 Å². The molecule has 1 rings (SSSR count). The molecule has 3 nitrogen and oxygen atoms in total. The highest BCUT2D eigenvalue weighted by Crippen LogP contribution is 2.28. The minimum Gasteiger partial charge on any atom is -0.120 e. The summed E-state index contributed by atoms with van der Waals surface area (Å²) in [6.07, 6.45) is 9.75. The molecule has 0 amide bonds. The van der Waals surface area contributed by atoms with Gasteiger partial charge in [0.05, 0.1) is 0 Å². The van der Waals surface area contributed by atoms with Crippen LogP contribution in [0.1, 0.15) is 25.7 Å². The quantitative estimate of drug-likeness (QED) is 0.260. The molecule has 0 aromatic rings. The van der Waals surface area contributed by atoms with E-state index >= 15 is 0 Å². The van der Waals surface area contributed by atoms with Crippen molar-refractivity contribution in [3.8, 4) is 12.3 Å². The molecule has 0 spiro atoms. The van der Waals surface area contributed by atoms with E-state index in [4.69, 9.17) is 12.0 Å². The van der Waals surface area contributed by atoms with Gasteiger partial charge in [-0.3, -0.25) is 0 Å². The van der Waals surface area contributed by atoms with Gasteiger partial charge in [0, 0.05) is 17.4 Å². The summed E-state index contributed by atoms with van der Waals surface area (Å²) in [6.45, 7) is 0.647. The Bertz CT molecular complexity index is 214. The van der Waals surface area contributed by atoms with Crippen LogP contribution in [0.25, 0.3) is 10.4 Å². The molecule has 0 aliphatic heterocycles. The van der Waals surface area contributed by atoms with Gasteiger partial charge in [-0.15, -0.1) is 12.3 Å². The zero-order valence-corrected chi connectivity index (χ0v) is 7.11. The highest BCUT2D eigenvalue weighted by molar-refractivity contribution is 4.95. The minimum absolute atomic E-state index is 0.465. The molecule has 0 aromatic carbocycles. The van der Waals surface area contributed by atoms with Gasteiger partial charge in [0.25, 0.3) is 0 Å². The van der Waals surface area contributed by atoms with Gasteiger partial charge in [-0.1, -0.05) is 5.11 Å². The van der Waals surface area contributed by atoms with Crippen LogP contribution in [0.4, 0.5) is 0 Å². The summed E-state index contributed by atoms with van der Waals surface area (Å²) in [5, 5.41) is 3.58. The van der Waals surface area contributed by atoms with E-state index in [0.29, 0.717) is 18.4 Å². The first-order chi connectivity index (χ1) is 5.86. The summed E-state index contributed by atoms with van der Waals surface area (Å²) in [4.78, 5) is 2.75. The van der Waals surface area contributed by atoms with Crippen LogP contribution >= 0.6 is 0 Å². The second-order valence-electron chi connectivity index (χ2n) is 3.30. The first kappa shape index (κ1) is 8.96. The van der Waals surface area contributed by atoms with Crippen molar-refractivity contribution in [3.05, 3.63) is 10.4 Å². The molecule has 1 fully saturated rings. The lowest BCUT2D eigenvalue weighted by atomic mass is 9.82. The Hall–Kier alpha value is -1.13. The summed E-state index contributed by atoms with van der Waals surface area (Å²) in [5.74, 6) is 3.82. The van der Waals surface area contributed by atoms with E-state index in [0.717, 1.165) is 25.7 Å². The van der Waals surface area contributed by atoms with Gasteiger partial charge in [-0.2, -0.15) is 0 Å². The Labute approximate surface area is 72.8 Å². The number of azide groups is 1. The normalized spacial score (nSPS) is 28.6. The molecule has 0 saturated heterocycles. The van der Waals surface area contributed by atoms with Crippen LogP contribution in [0, 0.1) is 24.2 Å². The van der Waals surface area contributed by atoms with Gasteiger partial charge in [0.15, 0.2) is 0 Å². The third-order valence-corrected chi connectivity index (χ3v) is 2.49. The Morgan fingerprint density at radius 1 is 1.42 bits per heavy atom. The topological polar surface area (TPSA) is 48.8 Å².